The second kappa shape index (κ2) is 5.38. The molecule has 0 aliphatic heterocycles. The first-order valence-electron chi connectivity index (χ1n) is 7.23. The Morgan fingerprint density at radius 2 is 1.35 bits per heavy atom. The summed E-state index contributed by atoms with van der Waals surface area (Å²) >= 11 is 0. The number of phenolic OH excluding ortho intramolecular Hbond substituents is 1. The van der Waals surface area contributed by atoms with Gasteiger partial charge in [-0.1, -0.05) is 53.7 Å². The van der Waals surface area contributed by atoms with Crippen molar-refractivity contribution >= 4 is 0 Å². The second-order valence-corrected chi connectivity index (χ2v) is 7.70. The van der Waals surface area contributed by atoms with Gasteiger partial charge in [-0.25, -0.2) is 0 Å². The summed E-state index contributed by atoms with van der Waals surface area (Å²) in [5, 5.41) is 9.57. The number of hydrogen-bond acceptors (Lipinski definition) is 3. The van der Waals surface area contributed by atoms with E-state index in [4.69, 9.17) is 11.5 Å². The number of aromatic hydroxyl groups is 1. The van der Waals surface area contributed by atoms with Crippen LogP contribution in [-0.2, 0) is 5.41 Å². The lowest BCUT2D eigenvalue weighted by atomic mass is 9.48. The zero-order valence-electron chi connectivity index (χ0n) is 13.7. The molecule has 1 aromatic carbocycles. The summed E-state index contributed by atoms with van der Waals surface area (Å²) in [7, 11) is 0. The van der Waals surface area contributed by atoms with Crippen LogP contribution >= 0.6 is 0 Å². The zero-order chi connectivity index (χ0) is 15.8. The molecule has 0 amide bonds. The van der Waals surface area contributed by atoms with E-state index in [0.29, 0.717) is 6.54 Å². The standard InChI is InChI=1S/C17H30N2O/c1-15(2,3)17(14(19)11-18,16(4,5)6)12-7-9-13(20)10-8-12/h7-10,14,20H,11,18-19H2,1-6H3. The average molecular weight is 278 g/mol. The Bertz CT molecular complexity index is 424. The zero-order valence-corrected chi connectivity index (χ0v) is 13.7. The molecule has 0 aliphatic rings. The summed E-state index contributed by atoms with van der Waals surface area (Å²) < 4.78 is 0. The highest BCUT2D eigenvalue weighted by Crippen LogP contribution is 2.54. The Morgan fingerprint density at radius 3 is 1.65 bits per heavy atom. The highest BCUT2D eigenvalue weighted by molar-refractivity contribution is 5.37. The molecular weight excluding hydrogens is 248 g/mol. The summed E-state index contributed by atoms with van der Waals surface area (Å²) in [5.74, 6) is 0.270. The summed E-state index contributed by atoms with van der Waals surface area (Å²) in [5.41, 5.74) is 13.2. The van der Waals surface area contributed by atoms with Crippen molar-refractivity contribution in [1.82, 2.24) is 0 Å². The van der Waals surface area contributed by atoms with Crippen molar-refractivity contribution in [2.24, 2.45) is 22.3 Å². The summed E-state index contributed by atoms with van der Waals surface area (Å²) in [6, 6.07) is 7.24. The molecule has 1 atom stereocenters. The van der Waals surface area contributed by atoms with Crippen LogP contribution in [0, 0.1) is 10.8 Å². The maximum Gasteiger partial charge on any atom is 0.115 e. The minimum absolute atomic E-state index is 0.0684. The molecule has 114 valence electrons. The van der Waals surface area contributed by atoms with Crippen molar-refractivity contribution in [2.45, 2.75) is 53.0 Å². The van der Waals surface area contributed by atoms with Crippen LogP contribution in [0.25, 0.3) is 0 Å². The second-order valence-electron chi connectivity index (χ2n) is 7.70. The minimum Gasteiger partial charge on any atom is -0.508 e. The van der Waals surface area contributed by atoms with Crippen LogP contribution in [0.5, 0.6) is 5.75 Å². The first kappa shape index (κ1) is 17.0. The van der Waals surface area contributed by atoms with Gasteiger partial charge >= 0.3 is 0 Å². The maximum absolute atomic E-state index is 9.57. The highest BCUT2D eigenvalue weighted by atomic mass is 16.3. The van der Waals surface area contributed by atoms with E-state index in [1.54, 1.807) is 12.1 Å². The largest absolute Gasteiger partial charge is 0.508 e. The SMILES string of the molecule is CC(C)(C)C(c1ccc(O)cc1)(C(N)CN)C(C)(C)C. The van der Waals surface area contributed by atoms with Crippen molar-refractivity contribution in [3.63, 3.8) is 0 Å². The third kappa shape index (κ3) is 2.57. The molecule has 0 radical (unpaired) electrons. The molecular formula is C17H30N2O. The van der Waals surface area contributed by atoms with E-state index < -0.39 is 0 Å². The monoisotopic (exact) mass is 278 g/mol. The lowest BCUT2D eigenvalue weighted by Gasteiger charge is -2.57. The summed E-state index contributed by atoms with van der Waals surface area (Å²) in [6.07, 6.45) is 0. The van der Waals surface area contributed by atoms with E-state index in [2.05, 4.69) is 41.5 Å². The first-order valence-corrected chi connectivity index (χ1v) is 7.23. The van der Waals surface area contributed by atoms with Gasteiger partial charge in [-0.2, -0.15) is 0 Å². The van der Waals surface area contributed by atoms with Gasteiger partial charge in [0.1, 0.15) is 5.75 Å². The average Bonchev–Trinajstić information content (AvgIpc) is 2.28. The van der Waals surface area contributed by atoms with Gasteiger partial charge in [0.25, 0.3) is 0 Å². The first-order chi connectivity index (χ1) is 8.98. The van der Waals surface area contributed by atoms with E-state index in [-0.39, 0.29) is 28.0 Å². The van der Waals surface area contributed by atoms with Gasteiger partial charge in [0.05, 0.1) is 0 Å². The van der Waals surface area contributed by atoms with Crippen LogP contribution < -0.4 is 11.5 Å². The number of hydrogen-bond donors (Lipinski definition) is 3. The van der Waals surface area contributed by atoms with Crippen molar-refractivity contribution in [3.8, 4) is 5.75 Å². The van der Waals surface area contributed by atoms with Gasteiger partial charge in [0.15, 0.2) is 0 Å². The van der Waals surface area contributed by atoms with E-state index in [1.165, 1.54) is 0 Å². The molecule has 0 aliphatic carbocycles. The molecule has 0 saturated carbocycles. The molecule has 1 rings (SSSR count). The van der Waals surface area contributed by atoms with E-state index in [1.807, 2.05) is 12.1 Å². The molecule has 3 heteroatoms. The molecule has 0 heterocycles. The third-order valence-electron chi connectivity index (χ3n) is 4.50. The molecule has 3 nitrogen and oxygen atoms in total. The molecule has 1 unspecified atom stereocenters. The fourth-order valence-electron chi connectivity index (χ4n) is 4.22. The molecule has 0 spiro atoms. The summed E-state index contributed by atoms with van der Waals surface area (Å²) in [4.78, 5) is 0. The Kier molecular flexibility index (Phi) is 4.57. The van der Waals surface area contributed by atoms with Crippen molar-refractivity contribution in [1.29, 1.82) is 0 Å². The quantitative estimate of drug-likeness (QED) is 0.796. The van der Waals surface area contributed by atoms with Crippen LogP contribution in [-0.4, -0.2) is 17.7 Å². The van der Waals surface area contributed by atoms with Gasteiger partial charge < -0.3 is 16.6 Å². The van der Waals surface area contributed by atoms with Crippen molar-refractivity contribution in [3.05, 3.63) is 29.8 Å². The molecule has 1 aromatic rings. The Morgan fingerprint density at radius 1 is 0.950 bits per heavy atom. The highest BCUT2D eigenvalue weighted by Gasteiger charge is 2.54. The van der Waals surface area contributed by atoms with Gasteiger partial charge in [0.2, 0.25) is 0 Å². The minimum atomic E-state index is -0.289. The normalized spacial score (nSPS) is 15.2. The van der Waals surface area contributed by atoms with E-state index >= 15 is 0 Å². The Hall–Kier alpha value is -1.06. The van der Waals surface area contributed by atoms with E-state index in [0.717, 1.165) is 5.56 Å². The number of benzene rings is 1. The van der Waals surface area contributed by atoms with E-state index in [9.17, 15) is 5.11 Å². The lowest BCUT2D eigenvalue weighted by Crippen LogP contribution is -2.63. The van der Waals surface area contributed by atoms with Crippen LogP contribution in [0.2, 0.25) is 0 Å². The number of phenols is 1. The van der Waals surface area contributed by atoms with Gasteiger partial charge in [-0.05, 0) is 28.5 Å². The lowest BCUT2D eigenvalue weighted by molar-refractivity contribution is 0.0278. The van der Waals surface area contributed by atoms with Gasteiger partial charge in [-0.15, -0.1) is 0 Å². The molecule has 20 heavy (non-hydrogen) atoms. The third-order valence-corrected chi connectivity index (χ3v) is 4.50. The summed E-state index contributed by atoms with van der Waals surface area (Å²) in [6.45, 7) is 13.7. The number of nitrogens with two attached hydrogens (primary N) is 2. The van der Waals surface area contributed by atoms with Gasteiger partial charge in [-0.3, -0.25) is 0 Å². The Balaban J connectivity index is 3.66. The van der Waals surface area contributed by atoms with Crippen LogP contribution in [0.1, 0.15) is 47.1 Å². The van der Waals surface area contributed by atoms with Crippen LogP contribution in [0.4, 0.5) is 0 Å². The topological polar surface area (TPSA) is 72.3 Å². The molecule has 0 bridgehead atoms. The van der Waals surface area contributed by atoms with Crippen molar-refractivity contribution in [2.75, 3.05) is 6.54 Å². The van der Waals surface area contributed by atoms with Crippen molar-refractivity contribution < 1.29 is 5.11 Å². The maximum atomic E-state index is 9.57. The molecule has 0 fully saturated rings. The molecule has 5 N–H and O–H groups in total. The van der Waals surface area contributed by atoms with Crippen LogP contribution in [0.15, 0.2) is 24.3 Å². The predicted octanol–water partition coefficient (Wildman–Crippen LogP) is 3.01. The van der Waals surface area contributed by atoms with Crippen LogP contribution in [0.3, 0.4) is 0 Å². The fraction of sp³-hybridized carbons (Fsp3) is 0.647. The predicted molar refractivity (Wildman–Crippen MR) is 85.7 cm³/mol. The number of rotatable bonds is 3. The Labute approximate surface area is 123 Å². The molecule has 0 aromatic heterocycles. The van der Waals surface area contributed by atoms with Gasteiger partial charge in [0, 0.05) is 18.0 Å². The fourth-order valence-corrected chi connectivity index (χ4v) is 4.22. The smallest absolute Gasteiger partial charge is 0.115 e. The molecule has 0 saturated heterocycles.